The molecule has 1 nitrogen and oxygen atoms in total. The van der Waals surface area contributed by atoms with Gasteiger partial charge in [0.05, 0.1) is 0 Å². The lowest BCUT2D eigenvalue weighted by molar-refractivity contribution is 0.475. The molecule has 0 bridgehead atoms. The number of phenolic OH excluding ortho intramolecular Hbond substituents is 1. The Bertz CT molecular complexity index is 943. The Morgan fingerprint density at radius 2 is 1.68 bits per heavy atom. The van der Waals surface area contributed by atoms with Gasteiger partial charge in [0.2, 0.25) is 0 Å². The fourth-order valence-electron chi connectivity index (χ4n) is 3.85. The molecule has 3 aromatic carbocycles. The van der Waals surface area contributed by atoms with E-state index in [-0.39, 0.29) is 0 Å². The zero-order chi connectivity index (χ0) is 17.4. The summed E-state index contributed by atoms with van der Waals surface area (Å²) in [4.78, 5) is 0.915. The van der Waals surface area contributed by atoms with Gasteiger partial charge in [-0.15, -0.1) is 12.6 Å². The number of benzene rings is 3. The number of thiol groups is 1. The third kappa shape index (κ3) is 2.75. The van der Waals surface area contributed by atoms with Gasteiger partial charge in [-0.1, -0.05) is 61.9 Å². The van der Waals surface area contributed by atoms with Crippen LogP contribution in [0.4, 0.5) is 0 Å². The molecular weight excluding hydrogens is 324 g/mol. The molecule has 4 rings (SSSR count). The Kier molecular flexibility index (Phi) is 4.30. The van der Waals surface area contributed by atoms with Crippen LogP contribution in [-0.4, -0.2) is 5.11 Å². The van der Waals surface area contributed by atoms with E-state index in [0.29, 0.717) is 5.75 Å². The molecule has 0 unspecified atom stereocenters. The Labute approximate surface area is 154 Å². The Morgan fingerprint density at radius 1 is 0.920 bits per heavy atom. The fourth-order valence-corrected chi connectivity index (χ4v) is 4.27. The molecule has 25 heavy (non-hydrogen) atoms. The summed E-state index contributed by atoms with van der Waals surface area (Å²) in [5.41, 5.74) is 8.43. The van der Waals surface area contributed by atoms with E-state index in [9.17, 15) is 5.11 Å². The Hall–Kier alpha value is -2.19. The van der Waals surface area contributed by atoms with Gasteiger partial charge in [-0.3, -0.25) is 0 Å². The van der Waals surface area contributed by atoms with Crippen LogP contribution in [-0.2, 0) is 12.8 Å². The van der Waals surface area contributed by atoms with Gasteiger partial charge >= 0.3 is 0 Å². The van der Waals surface area contributed by atoms with Gasteiger partial charge in [0.25, 0.3) is 0 Å². The number of phenols is 1. The lowest BCUT2D eigenvalue weighted by Gasteiger charge is -2.16. The molecule has 0 radical (unpaired) electrons. The normalized spacial score (nSPS) is 12.1. The van der Waals surface area contributed by atoms with Crippen molar-refractivity contribution in [3.63, 3.8) is 0 Å². The highest BCUT2D eigenvalue weighted by Gasteiger charge is 2.23. The van der Waals surface area contributed by atoms with Crippen LogP contribution in [0.25, 0.3) is 22.3 Å². The Balaban J connectivity index is 1.88. The van der Waals surface area contributed by atoms with Crippen molar-refractivity contribution in [2.45, 2.75) is 37.5 Å². The van der Waals surface area contributed by atoms with Gasteiger partial charge in [-0.2, -0.15) is 0 Å². The van der Waals surface area contributed by atoms with E-state index in [1.54, 1.807) is 0 Å². The second-order valence-corrected chi connectivity index (χ2v) is 7.18. The van der Waals surface area contributed by atoms with Crippen LogP contribution in [0.5, 0.6) is 5.75 Å². The molecular formula is C23H22OS. The predicted octanol–water partition coefficient (Wildman–Crippen LogP) is 6.26. The summed E-state index contributed by atoms with van der Waals surface area (Å²) in [6.45, 7) is 2.20. The van der Waals surface area contributed by atoms with E-state index in [1.165, 1.54) is 27.8 Å². The highest BCUT2D eigenvalue weighted by Crippen LogP contribution is 2.45. The fraction of sp³-hybridized carbons (Fsp3) is 0.217. The summed E-state index contributed by atoms with van der Waals surface area (Å²) in [5, 5.41) is 10.6. The molecule has 0 saturated heterocycles. The topological polar surface area (TPSA) is 20.2 Å². The molecule has 0 amide bonds. The molecule has 0 heterocycles. The van der Waals surface area contributed by atoms with E-state index in [2.05, 4.69) is 49.4 Å². The number of hydrogen-bond acceptors (Lipinski definition) is 2. The van der Waals surface area contributed by atoms with Crippen LogP contribution < -0.4 is 0 Å². The van der Waals surface area contributed by atoms with Crippen molar-refractivity contribution >= 4 is 12.6 Å². The molecule has 0 aliphatic heterocycles. The first-order valence-corrected chi connectivity index (χ1v) is 9.39. The van der Waals surface area contributed by atoms with E-state index < -0.39 is 0 Å². The van der Waals surface area contributed by atoms with Crippen molar-refractivity contribution in [3.8, 4) is 28.0 Å². The van der Waals surface area contributed by atoms with Crippen molar-refractivity contribution in [2.75, 3.05) is 0 Å². The van der Waals surface area contributed by atoms with Crippen LogP contribution in [0, 0.1) is 0 Å². The third-order valence-corrected chi connectivity index (χ3v) is 5.67. The molecule has 0 atom stereocenters. The number of unbranched alkanes of at least 4 members (excludes halogenated alkanes) is 1. The van der Waals surface area contributed by atoms with Crippen LogP contribution in [0.2, 0.25) is 0 Å². The zero-order valence-corrected chi connectivity index (χ0v) is 15.3. The number of rotatable bonds is 4. The van der Waals surface area contributed by atoms with E-state index in [0.717, 1.165) is 41.7 Å². The van der Waals surface area contributed by atoms with Gasteiger partial charge in [-0.25, -0.2) is 0 Å². The second-order valence-electron chi connectivity index (χ2n) is 6.74. The predicted molar refractivity (Wildman–Crippen MR) is 108 cm³/mol. The van der Waals surface area contributed by atoms with Gasteiger partial charge in [0.15, 0.2) is 0 Å². The van der Waals surface area contributed by atoms with Gasteiger partial charge in [-0.05, 0) is 58.7 Å². The molecule has 126 valence electrons. The molecule has 0 aromatic heterocycles. The van der Waals surface area contributed by atoms with Crippen LogP contribution >= 0.6 is 12.6 Å². The lowest BCUT2D eigenvalue weighted by atomic mass is 9.93. The summed E-state index contributed by atoms with van der Waals surface area (Å²) >= 11 is 4.81. The van der Waals surface area contributed by atoms with Crippen molar-refractivity contribution in [2.24, 2.45) is 0 Å². The van der Waals surface area contributed by atoms with Crippen molar-refractivity contribution in [1.29, 1.82) is 0 Å². The summed E-state index contributed by atoms with van der Waals surface area (Å²) in [6, 6.07) is 18.8. The molecule has 2 heteroatoms. The summed E-state index contributed by atoms with van der Waals surface area (Å²) in [5.74, 6) is 0.314. The molecule has 1 aliphatic rings. The number of aryl methyl sites for hydroxylation is 1. The molecule has 0 fully saturated rings. The monoisotopic (exact) mass is 346 g/mol. The number of aromatic hydroxyl groups is 1. The quantitative estimate of drug-likeness (QED) is 0.418. The smallest absolute Gasteiger partial charge is 0.124 e. The molecule has 3 aromatic rings. The molecule has 0 saturated carbocycles. The minimum Gasteiger partial charge on any atom is -0.507 e. The van der Waals surface area contributed by atoms with Crippen LogP contribution in [0.3, 0.4) is 0 Å². The van der Waals surface area contributed by atoms with Gasteiger partial charge < -0.3 is 5.11 Å². The van der Waals surface area contributed by atoms with Crippen LogP contribution in [0.1, 0.15) is 36.5 Å². The summed E-state index contributed by atoms with van der Waals surface area (Å²) in [6.07, 6.45) is 4.20. The zero-order valence-electron chi connectivity index (χ0n) is 14.4. The maximum absolute atomic E-state index is 10.6. The van der Waals surface area contributed by atoms with E-state index >= 15 is 0 Å². The number of hydrogen-bond donors (Lipinski definition) is 2. The molecule has 1 N–H and O–H groups in total. The van der Waals surface area contributed by atoms with Crippen molar-refractivity contribution < 1.29 is 5.11 Å². The summed E-state index contributed by atoms with van der Waals surface area (Å²) < 4.78 is 0. The van der Waals surface area contributed by atoms with Gasteiger partial charge in [0.1, 0.15) is 5.75 Å². The molecule has 1 aliphatic carbocycles. The average Bonchev–Trinajstić information content (AvgIpc) is 3.01. The van der Waals surface area contributed by atoms with Crippen molar-refractivity contribution in [3.05, 3.63) is 71.3 Å². The first kappa shape index (κ1) is 16.3. The highest BCUT2D eigenvalue weighted by atomic mass is 32.1. The first-order valence-electron chi connectivity index (χ1n) is 8.95. The van der Waals surface area contributed by atoms with Crippen LogP contribution in [0.15, 0.2) is 59.5 Å². The van der Waals surface area contributed by atoms with Gasteiger partial charge in [0, 0.05) is 10.5 Å². The van der Waals surface area contributed by atoms with Crippen molar-refractivity contribution in [1.82, 2.24) is 0 Å². The first-order chi connectivity index (χ1) is 12.2. The maximum atomic E-state index is 10.6. The second kappa shape index (κ2) is 6.61. The third-order valence-electron chi connectivity index (χ3n) is 5.16. The van der Waals surface area contributed by atoms with E-state index in [4.69, 9.17) is 12.6 Å². The maximum Gasteiger partial charge on any atom is 0.124 e. The minimum atomic E-state index is 0.314. The summed E-state index contributed by atoms with van der Waals surface area (Å²) in [7, 11) is 0. The van der Waals surface area contributed by atoms with E-state index in [1.807, 2.05) is 12.1 Å². The standard InChI is InChI=1S/C23H22OS/c1-2-3-7-15-12-13-21(24)22(23(15)25)19-11-6-10-18-17-9-5-4-8-16(17)14-20(18)19/h4-6,8-13,24-25H,2-3,7,14H2,1H3. The Morgan fingerprint density at radius 3 is 2.52 bits per heavy atom. The lowest BCUT2D eigenvalue weighted by Crippen LogP contribution is -1.94. The minimum absolute atomic E-state index is 0.314. The molecule has 0 spiro atoms. The number of fused-ring (bicyclic) bond motifs is 3. The largest absolute Gasteiger partial charge is 0.507 e. The SMILES string of the molecule is CCCCc1ccc(O)c(-c2cccc3c2Cc2ccccc2-3)c1S. The average molecular weight is 346 g/mol. The highest BCUT2D eigenvalue weighted by molar-refractivity contribution is 7.80.